The van der Waals surface area contributed by atoms with Crippen molar-refractivity contribution in [3.05, 3.63) is 35.0 Å². The zero-order chi connectivity index (χ0) is 13.7. The van der Waals surface area contributed by atoms with Crippen molar-refractivity contribution in [3.63, 3.8) is 0 Å². The number of hydrogen-bond donors (Lipinski definition) is 1. The molecule has 4 nitrogen and oxygen atoms in total. The van der Waals surface area contributed by atoms with Gasteiger partial charge in [0.05, 0.1) is 11.9 Å². The van der Waals surface area contributed by atoms with E-state index in [1.807, 2.05) is 16.8 Å². The van der Waals surface area contributed by atoms with E-state index in [1.54, 1.807) is 6.20 Å². The molecule has 0 amide bonds. The van der Waals surface area contributed by atoms with Gasteiger partial charge in [-0.1, -0.05) is 36.7 Å². The zero-order valence-electron chi connectivity index (χ0n) is 11.4. The van der Waals surface area contributed by atoms with Gasteiger partial charge in [0, 0.05) is 23.7 Å². The highest BCUT2D eigenvalue weighted by Crippen LogP contribution is 2.26. The van der Waals surface area contributed by atoms with E-state index in [0.717, 1.165) is 42.3 Å². The Morgan fingerprint density at radius 3 is 2.89 bits per heavy atom. The lowest BCUT2D eigenvalue weighted by molar-refractivity contribution is 0.583. The van der Waals surface area contributed by atoms with E-state index in [4.69, 9.17) is 11.6 Å². The van der Waals surface area contributed by atoms with E-state index in [1.165, 1.54) is 5.56 Å². The SMILES string of the molecule is CCCn1nncc1-c1cc(Cl)ccc1CNCC. The van der Waals surface area contributed by atoms with Crippen molar-refractivity contribution in [1.29, 1.82) is 0 Å². The second kappa shape index (κ2) is 6.68. The molecule has 2 aromatic rings. The van der Waals surface area contributed by atoms with Crippen LogP contribution in [-0.4, -0.2) is 21.5 Å². The van der Waals surface area contributed by atoms with Crippen LogP contribution in [0, 0.1) is 0 Å². The Balaban J connectivity index is 2.40. The highest BCUT2D eigenvalue weighted by atomic mass is 35.5. The lowest BCUT2D eigenvalue weighted by Gasteiger charge is -2.11. The highest BCUT2D eigenvalue weighted by molar-refractivity contribution is 6.30. The van der Waals surface area contributed by atoms with Gasteiger partial charge in [-0.2, -0.15) is 0 Å². The lowest BCUT2D eigenvalue weighted by atomic mass is 10.0. The molecule has 0 saturated carbocycles. The number of hydrogen-bond acceptors (Lipinski definition) is 3. The lowest BCUT2D eigenvalue weighted by Crippen LogP contribution is -2.13. The van der Waals surface area contributed by atoms with Gasteiger partial charge in [-0.25, -0.2) is 4.68 Å². The van der Waals surface area contributed by atoms with Gasteiger partial charge in [-0.05, 0) is 30.7 Å². The number of nitrogens with one attached hydrogen (secondary N) is 1. The van der Waals surface area contributed by atoms with Crippen molar-refractivity contribution in [3.8, 4) is 11.3 Å². The third kappa shape index (κ3) is 3.33. The molecule has 0 aliphatic carbocycles. The molecule has 0 aliphatic heterocycles. The maximum absolute atomic E-state index is 6.13. The van der Waals surface area contributed by atoms with Crippen LogP contribution in [0.15, 0.2) is 24.4 Å². The predicted octanol–water partition coefficient (Wildman–Crippen LogP) is 3.12. The van der Waals surface area contributed by atoms with Crippen molar-refractivity contribution in [1.82, 2.24) is 20.3 Å². The molecule has 5 heteroatoms. The second-order valence-corrected chi connectivity index (χ2v) is 4.86. The standard InChI is InChI=1S/C14H19ClN4/c1-3-7-19-14(10-17-18-19)13-8-12(15)6-5-11(13)9-16-4-2/h5-6,8,10,16H,3-4,7,9H2,1-2H3. The van der Waals surface area contributed by atoms with Gasteiger partial charge in [0.2, 0.25) is 0 Å². The highest BCUT2D eigenvalue weighted by Gasteiger charge is 2.11. The minimum absolute atomic E-state index is 0.736. The fraction of sp³-hybridized carbons (Fsp3) is 0.429. The quantitative estimate of drug-likeness (QED) is 0.883. The Labute approximate surface area is 118 Å². The van der Waals surface area contributed by atoms with E-state index in [0.29, 0.717) is 0 Å². The summed E-state index contributed by atoms with van der Waals surface area (Å²) < 4.78 is 1.93. The summed E-state index contributed by atoms with van der Waals surface area (Å²) in [6.45, 7) is 6.85. The maximum Gasteiger partial charge on any atom is 0.0889 e. The molecule has 1 aromatic heterocycles. The van der Waals surface area contributed by atoms with E-state index >= 15 is 0 Å². The number of halogens is 1. The molecule has 102 valence electrons. The fourth-order valence-corrected chi connectivity index (χ4v) is 2.22. The first-order valence-corrected chi connectivity index (χ1v) is 7.02. The van der Waals surface area contributed by atoms with Gasteiger partial charge in [0.1, 0.15) is 0 Å². The van der Waals surface area contributed by atoms with Crippen molar-refractivity contribution >= 4 is 11.6 Å². The van der Waals surface area contributed by atoms with Crippen molar-refractivity contribution < 1.29 is 0 Å². The van der Waals surface area contributed by atoms with E-state index in [9.17, 15) is 0 Å². The molecule has 1 aromatic carbocycles. The maximum atomic E-state index is 6.13. The van der Waals surface area contributed by atoms with Gasteiger partial charge < -0.3 is 5.32 Å². The minimum Gasteiger partial charge on any atom is -0.313 e. The molecule has 1 N–H and O–H groups in total. The topological polar surface area (TPSA) is 42.7 Å². The van der Waals surface area contributed by atoms with Gasteiger partial charge in [0.25, 0.3) is 0 Å². The average molecular weight is 279 g/mol. The molecule has 0 fully saturated rings. The van der Waals surface area contributed by atoms with E-state index < -0.39 is 0 Å². The van der Waals surface area contributed by atoms with Crippen LogP contribution >= 0.6 is 11.6 Å². The Morgan fingerprint density at radius 2 is 2.16 bits per heavy atom. The number of benzene rings is 1. The van der Waals surface area contributed by atoms with Gasteiger partial charge in [-0.3, -0.25) is 0 Å². The zero-order valence-corrected chi connectivity index (χ0v) is 12.1. The van der Waals surface area contributed by atoms with Crippen molar-refractivity contribution in [2.75, 3.05) is 6.54 Å². The monoisotopic (exact) mass is 278 g/mol. The molecule has 2 rings (SSSR count). The smallest absolute Gasteiger partial charge is 0.0889 e. The van der Waals surface area contributed by atoms with Crippen LogP contribution in [-0.2, 0) is 13.1 Å². The summed E-state index contributed by atoms with van der Waals surface area (Å²) in [6, 6.07) is 5.97. The van der Waals surface area contributed by atoms with Gasteiger partial charge in [-0.15, -0.1) is 5.10 Å². The summed E-state index contributed by atoms with van der Waals surface area (Å²) in [4.78, 5) is 0. The van der Waals surface area contributed by atoms with Crippen LogP contribution < -0.4 is 5.32 Å². The van der Waals surface area contributed by atoms with Crippen molar-refractivity contribution in [2.24, 2.45) is 0 Å². The predicted molar refractivity (Wildman–Crippen MR) is 78.1 cm³/mol. The largest absolute Gasteiger partial charge is 0.313 e. The fourth-order valence-electron chi connectivity index (χ4n) is 2.04. The molecule has 0 atom stereocenters. The Kier molecular flexibility index (Phi) is 4.93. The third-order valence-corrected chi connectivity index (χ3v) is 3.20. The molecule has 0 radical (unpaired) electrons. The van der Waals surface area contributed by atoms with E-state index in [-0.39, 0.29) is 0 Å². The first-order valence-electron chi connectivity index (χ1n) is 6.64. The number of rotatable bonds is 6. The van der Waals surface area contributed by atoms with Crippen LogP contribution in [0.25, 0.3) is 11.3 Å². The molecular weight excluding hydrogens is 260 g/mol. The summed E-state index contributed by atoms with van der Waals surface area (Å²) >= 11 is 6.13. The molecule has 0 spiro atoms. The summed E-state index contributed by atoms with van der Waals surface area (Å²) in [6.07, 6.45) is 2.83. The third-order valence-electron chi connectivity index (χ3n) is 2.97. The molecule has 19 heavy (non-hydrogen) atoms. The summed E-state index contributed by atoms with van der Waals surface area (Å²) in [7, 11) is 0. The van der Waals surface area contributed by atoms with Gasteiger partial charge in [0.15, 0.2) is 0 Å². The van der Waals surface area contributed by atoms with Crippen LogP contribution in [0.3, 0.4) is 0 Å². The molecule has 0 saturated heterocycles. The number of aryl methyl sites for hydroxylation is 1. The van der Waals surface area contributed by atoms with Crippen molar-refractivity contribution in [2.45, 2.75) is 33.4 Å². The van der Waals surface area contributed by atoms with Gasteiger partial charge >= 0.3 is 0 Å². The average Bonchev–Trinajstić information content (AvgIpc) is 2.86. The molecule has 0 bridgehead atoms. The Hall–Kier alpha value is -1.39. The minimum atomic E-state index is 0.736. The summed E-state index contributed by atoms with van der Waals surface area (Å²) in [5.74, 6) is 0. The first kappa shape index (κ1) is 14.0. The Bertz CT molecular complexity index is 536. The summed E-state index contributed by atoms with van der Waals surface area (Å²) in [5, 5.41) is 12.2. The van der Waals surface area contributed by atoms with Crippen LogP contribution in [0.4, 0.5) is 0 Å². The van der Waals surface area contributed by atoms with Crippen LogP contribution in [0.2, 0.25) is 5.02 Å². The molecular formula is C14H19ClN4. The molecule has 0 aliphatic rings. The summed E-state index contributed by atoms with van der Waals surface area (Å²) in [5.41, 5.74) is 3.34. The molecule has 1 heterocycles. The Morgan fingerprint density at radius 1 is 1.32 bits per heavy atom. The second-order valence-electron chi connectivity index (χ2n) is 4.42. The molecule has 0 unspecified atom stereocenters. The number of aromatic nitrogens is 3. The van der Waals surface area contributed by atoms with Crippen LogP contribution in [0.1, 0.15) is 25.8 Å². The van der Waals surface area contributed by atoms with Crippen LogP contribution in [0.5, 0.6) is 0 Å². The normalized spacial score (nSPS) is 10.9. The van der Waals surface area contributed by atoms with E-state index in [2.05, 4.69) is 35.5 Å². The first-order chi connectivity index (χ1) is 9.26. The number of nitrogens with zero attached hydrogens (tertiary/aromatic N) is 3.